The van der Waals surface area contributed by atoms with Crippen LogP contribution in [0.25, 0.3) is 0 Å². The van der Waals surface area contributed by atoms with Gasteiger partial charge in [0.2, 0.25) is 11.8 Å². The molecule has 0 saturated heterocycles. The lowest BCUT2D eigenvalue weighted by atomic mass is 10.1. The van der Waals surface area contributed by atoms with Crippen molar-refractivity contribution in [3.63, 3.8) is 0 Å². The summed E-state index contributed by atoms with van der Waals surface area (Å²) in [6.45, 7) is 0.437. The quantitative estimate of drug-likeness (QED) is 0.768. The minimum atomic E-state index is -0.126. The van der Waals surface area contributed by atoms with Gasteiger partial charge in [-0.15, -0.1) is 11.8 Å². The number of rotatable bonds is 7. The molecule has 0 saturated carbocycles. The van der Waals surface area contributed by atoms with Crippen molar-refractivity contribution in [3.05, 3.63) is 59.7 Å². The molecule has 0 aromatic heterocycles. The van der Waals surface area contributed by atoms with Crippen LogP contribution < -0.4 is 15.4 Å². The van der Waals surface area contributed by atoms with Crippen LogP contribution in [0.4, 0.5) is 5.69 Å². The Balaban J connectivity index is 1.43. The number of ether oxygens (including phenoxy) is 1. The first kappa shape index (κ1) is 19.3. The van der Waals surface area contributed by atoms with E-state index >= 15 is 0 Å². The molecule has 0 fully saturated rings. The van der Waals surface area contributed by atoms with E-state index in [4.69, 9.17) is 4.74 Å². The minimum absolute atomic E-state index is 0.0225. The molecule has 1 unspecified atom stereocenters. The molecule has 142 valence electrons. The fraction of sp³-hybridized carbons (Fsp3) is 0.333. The van der Waals surface area contributed by atoms with Crippen molar-refractivity contribution in [2.75, 3.05) is 18.2 Å². The number of hydrogen-bond donors (Lipinski definition) is 2. The fourth-order valence-electron chi connectivity index (χ4n) is 3.08. The molecule has 2 aromatic carbocycles. The van der Waals surface area contributed by atoms with E-state index in [0.29, 0.717) is 18.7 Å². The second-order valence-corrected chi connectivity index (χ2v) is 7.69. The third-order valence-electron chi connectivity index (χ3n) is 4.56. The van der Waals surface area contributed by atoms with Crippen LogP contribution in [0.5, 0.6) is 5.75 Å². The summed E-state index contributed by atoms with van der Waals surface area (Å²) in [5, 5.41) is 5.79. The SMILES string of the molecule is COc1ccccc1CNC(=O)CCSC1CCc2ccccc2NC1=O. The van der Waals surface area contributed by atoms with Gasteiger partial charge in [-0.25, -0.2) is 0 Å². The van der Waals surface area contributed by atoms with Gasteiger partial charge in [-0.05, 0) is 30.5 Å². The van der Waals surface area contributed by atoms with Crippen LogP contribution >= 0.6 is 11.8 Å². The molecule has 2 aromatic rings. The first-order valence-electron chi connectivity index (χ1n) is 9.06. The van der Waals surface area contributed by atoms with Gasteiger partial charge in [0.1, 0.15) is 5.75 Å². The average Bonchev–Trinajstić information content (AvgIpc) is 2.85. The summed E-state index contributed by atoms with van der Waals surface area (Å²) in [6, 6.07) is 15.5. The van der Waals surface area contributed by atoms with E-state index in [-0.39, 0.29) is 17.1 Å². The number of thioether (sulfide) groups is 1. The Hall–Kier alpha value is -2.47. The second kappa shape index (κ2) is 9.46. The first-order chi connectivity index (χ1) is 13.2. The van der Waals surface area contributed by atoms with Crippen molar-refractivity contribution in [2.24, 2.45) is 0 Å². The summed E-state index contributed by atoms with van der Waals surface area (Å²) in [7, 11) is 1.62. The number of aryl methyl sites for hydroxylation is 1. The molecular weight excluding hydrogens is 360 g/mol. The van der Waals surface area contributed by atoms with Gasteiger partial charge in [0, 0.05) is 30.0 Å². The fourth-order valence-corrected chi connectivity index (χ4v) is 4.16. The lowest BCUT2D eigenvalue weighted by molar-refractivity contribution is -0.121. The number of fused-ring (bicyclic) bond motifs is 1. The molecule has 2 N–H and O–H groups in total. The van der Waals surface area contributed by atoms with E-state index in [1.54, 1.807) is 18.9 Å². The minimum Gasteiger partial charge on any atom is -0.496 e. The van der Waals surface area contributed by atoms with E-state index in [1.165, 1.54) is 5.56 Å². The van der Waals surface area contributed by atoms with Gasteiger partial charge in [0.05, 0.1) is 12.4 Å². The highest BCUT2D eigenvalue weighted by molar-refractivity contribution is 8.00. The highest BCUT2D eigenvalue weighted by Crippen LogP contribution is 2.27. The maximum Gasteiger partial charge on any atom is 0.237 e. The van der Waals surface area contributed by atoms with Gasteiger partial charge >= 0.3 is 0 Å². The highest BCUT2D eigenvalue weighted by atomic mass is 32.2. The van der Waals surface area contributed by atoms with Gasteiger partial charge in [-0.3, -0.25) is 9.59 Å². The molecule has 1 atom stereocenters. The summed E-state index contributed by atoms with van der Waals surface area (Å²) in [5.74, 6) is 1.39. The lowest BCUT2D eigenvalue weighted by Gasteiger charge is -2.13. The number of carbonyl (C=O) groups is 2. The van der Waals surface area contributed by atoms with Crippen LogP contribution in [0.2, 0.25) is 0 Å². The molecule has 0 spiro atoms. The number of methoxy groups -OCH3 is 1. The van der Waals surface area contributed by atoms with Crippen molar-refractivity contribution in [1.82, 2.24) is 5.32 Å². The molecule has 3 rings (SSSR count). The highest BCUT2D eigenvalue weighted by Gasteiger charge is 2.23. The Morgan fingerprint density at radius 1 is 1.22 bits per heavy atom. The molecular formula is C21H24N2O3S. The monoisotopic (exact) mass is 384 g/mol. The van der Waals surface area contributed by atoms with Crippen LogP contribution in [0.1, 0.15) is 24.0 Å². The zero-order valence-electron chi connectivity index (χ0n) is 15.4. The van der Waals surface area contributed by atoms with E-state index in [1.807, 2.05) is 48.5 Å². The van der Waals surface area contributed by atoms with E-state index in [2.05, 4.69) is 10.6 Å². The molecule has 27 heavy (non-hydrogen) atoms. The van der Waals surface area contributed by atoms with Crippen LogP contribution in [-0.4, -0.2) is 29.9 Å². The number of amides is 2. The Labute approximate surface area is 163 Å². The maximum absolute atomic E-state index is 12.4. The van der Waals surface area contributed by atoms with Crippen molar-refractivity contribution in [1.29, 1.82) is 0 Å². The Morgan fingerprint density at radius 3 is 2.85 bits per heavy atom. The standard InChI is InChI=1S/C21H24N2O3S/c1-26-18-9-5-3-7-16(18)14-22-20(24)12-13-27-19-11-10-15-6-2-4-8-17(15)23-21(19)25/h2-9,19H,10-14H2,1H3,(H,22,24)(H,23,25). The molecule has 6 heteroatoms. The number of anilines is 1. The van der Waals surface area contributed by atoms with E-state index in [9.17, 15) is 9.59 Å². The zero-order valence-corrected chi connectivity index (χ0v) is 16.2. The van der Waals surface area contributed by atoms with Crippen LogP contribution in [0.3, 0.4) is 0 Å². The van der Waals surface area contributed by atoms with Crippen LogP contribution in [0, 0.1) is 0 Å². The molecule has 1 heterocycles. The zero-order chi connectivity index (χ0) is 19.1. The molecule has 1 aliphatic heterocycles. The molecule has 0 bridgehead atoms. The maximum atomic E-state index is 12.4. The van der Waals surface area contributed by atoms with Gasteiger partial charge < -0.3 is 15.4 Å². The normalized spacial score (nSPS) is 16.0. The van der Waals surface area contributed by atoms with Crippen molar-refractivity contribution >= 4 is 29.3 Å². The van der Waals surface area contributed by atoms with Gasteiger partial charge in [-0.1, -0.05) is 36.4 Å². The summed E-state index contributed by atoms with van der Waals surface area (Å²) in [5.41, 5.74) is 3.02. The van der Waals surface area contributed by atoms with Crippen LogP contribution in [-0.2, 0) is 22.6 Å². The van der Waals surface area contributed by atoms with E-state index in [0.717, 1.165) is 29.8 Å². The smallest absolute Gasteiger partial charge is 0.237 e. The molecule has 2 amide bonds. The number of para-hydroxylation sites is 2. The van der Waals surface area contributed by atoms with Crippen molar-refractivity contribution in [3.8, 4) is 5.75 Å². The van der Waals surface area contributed by atoms with Crippen molar-refractivity contribution < 1.29 is 14.3 Å². The topological polar surface area (TPSA) is 67.4 Å². The third-order valence-corrected chi connectivity index (χ3v) is 5.85. The number of benzene rings is 2. The summed E-state index contributed by atoms with van der Waals surface area (Å²) in [6.07, 6.45) is 2.04. The van der Waals surface area contributed by atoms with Gasteiger partial charge in [-0.2, -0.15) is 0 Å². The number of hydrogen-bond acceptors (Lipinski definition) is 4. The summed E-state index contributed by atoms with van der Waals surface area (Å²) in [4.78, 5) is 24.5. The van der Waals surface area contributed by atoms with E-state index < -0.39 is 0 Å². The van der Waals surface area contributed by atoms with Gasteiger partial charge in [0.15, 0.2) is 0 Å². The van der Waals surface area contributed by atoms with Gasteiger partial charge in [0.25, 0.3) is 0 Å². The first-order valence-corrected chi connectivity index (χ1v) is 10.1. The molecule has 5 nitrogen and oxygen atoms in total. The lowest BCUT2D eigenvalue weighted by Crippen LogP contribution is -2.26. The predicted molar refractivity (Wildman–Crippen MR) is 109 cm³/mol. The second-order valence-electron chi connectivity index (χ2n) is 6.38. The van der Waals surface area contributed by atoms with Crippen LogP contribution in [0.15, 0.2) is 48.5 Å². The predicted octanol–water partition coefficient (Wildman–Crippen LogP) is 3.39. The van der Waals surface area contributed by atoms with Crippen molar-refractivity contribution in [2.45, 2.75) is 31.1 Å². The summed E-state index contributed by atoms with van der Waals surface area (Å²) < 4.78 is 5.29. The average molecular weight is 385 g/mol. The largest absolute Gasteiger partial charge is 0.496 e. The number of nitrogens with one attached hydrogen (secondary N) is 2. The third kappa shape index (κ3) is 5.26. The molecule has 0 aliphatic carbocycles. The Morgan fingerprint density at radius 2 is 2.00 bits per heavy atom. The number of carbonyl (C=O) groups excluding carboxylic acids is 2. The Bertz CT molecular complexity index is 810. The summed E-state index contributed by atoms with van der Waals surface area (Å²) >= 11 is 1.55. The molecule has 1 aliphatic rings. The Kier molecular flexibility index (Phi) is 6.76. The molecule has 0 radical (unpaired) electrons.